The number of ether oxygens (including phenoxy) is 1. The lowest BCUT2D eigenvalue weighted by molar-refractivity contribution is 0.168. The molecule has 1 atom stereocenters. The first-order chi connectivity index (χ1) is 5.88. The van der Waals surface area contributed by atoms with Gasteiger partial charge in [-0.2, -0.15) is 0 Å². The minimum absolute atomic E-state index is 0.0998. The molecule has 68 valence electrons. The number of hydrogen-bond donors (Lipinski definition) is 2. The summed E-state index contributed by atoms with van der Waals surface area (Å²) in [7, 11) is 0. The summed E-state index contributed by atoms with van der Waals surface area (Å²) in [5.74, 6) is 6.33. The van der Waals surface area contributed by atoms with E-state index >= 15 is 0 Å². The first-order valence-electron chi connectivity index (χ1n) is 4.28. The maximum absolute atomic E-state index is 5.45. The fourth-order valence-corrected chi connectivity index (χ4v) is 1.25. The predicted molar refractivity (Wildman–Crippen MR) is 49.2 cm³/mol. The molecule has 1 heterocycles. The summed E-state index contributed by atoms with van der Waals surface area (Å²) in [4.78, 5) is 0. The molecule has 0 amide bonds. The number of nitrogens with one attached hydrogen (secondary N) is 1. The summed E-state index contributed by atoms with van der Waals surface area (Å²) in [5.41, 5.74) is 2.71. The molecule has 1 rings (SSSR count). The first kappa shape index (κ1) is 9.29. The standard InChI is InChI=1S/C9H16N2O/c1-2-5-8(11-10)9-6-3-4-7-12-9/h2,6,8,11H,1,3-5,7,10H2. The van der Waals surface area contributed by atoms with Crippen molar-refractivity contribution < 1.29 is 4.74 Å². The molecule has 1 aliphatic rings. The van der Waals surface area contributed by atoms with Crippen LogP contribution in [0.15, 0.2) is 24.5 Å². The second-order valence-electron chi connectivity index (χ2n) is 2.84. The van der Waals surface area contributed by atoms with Crippen LogP contribution in [0.5, 0.6) is 0 Å². The Morgan fingerprint density at radius 2 is 2.67 bits per heavy atom. The smallest absolute Gasteiger partial charge is 0.111 e. The van der Waals surface area contributed by atoms with Crippen molar-refractivity contribution in [3.8, 4) is 0 Å². The molecule has 0 aromatic carbocycles. The number of rotatable bonds is 4. The zero-order valence-electron chi connectivity index (χ0n) is 7.25. The van der Waals surface area contributed by atoms with Crippen molar-refractivity contribution in [2.75, 3.05) is 6.61 Å². The van der Waals surface area contributed by atoms with Crippen LogP contribution in [-0.4, -0.2) is 12.6 Å². The molecular formula is C9H16N2O. The molecule has 0 bridgehead atoms. The zero-order chi connectivity index (χ0) is 8.81. The number of nitrogens with two attached hydrogens (primary N) is 1. The molecule has 3 nitrogen and oxygen atoms in total. The van der Waals surface area contributed by atoms with Gasteiger partial charge < -0.3 is 4.74 Å². The molecule has 0 aromatic heterocycles. The summed E-state index contributed by atoms with van der Waals surface area (Å²) in [5, 5.41) is 0. The van der Waals surface area contributed by atoms with E-state index in [4.69, 9.17) is 10.6 Å². The molecule has 0 radical (unpaired) electrons. The van der Waals surface area contributed by atoms with Crippen LogP contribution in [0.2, 0.25) is 0 Å². The normalized spacial score (nSPS) is 19.2. The third kappa shape index (κ3) is 2.36. The average molecular weight is 168 g/mol. The Hall–Kier alpha value is -0.800. The van der Waals surface area contributed by atoms with Crippen LogP contribution < -0.4 is 11.3 Å². The van der Waals surface area contributed by atoms with Gasteiger partial charge in [0.2, 0.25) is 0 Å². The molecule has 1 aliphatic heterocycles. The quantitative estimate of drug-likeness (QED) is 0.375. The Bertz CT molecular complexity index is 177. The molecule has 0 saturated heterocycles. The van der Waals surface area contributed by atoms with E-state index in [0.717, 1.165) is 31.6 Å². The first-order valence-corrected chi connectivity index (χ1v) is 4.28. The van der Waals surface area contributed by atoms with Gasteiger partial charge in [-0.25, -0.2) is 5.43 Å². The van der Waals surface area contributed by atoms with E-state index < -0.39 is 0 Å². The van der Waals surface area contributed by atoms with E-state index in [1.807, 2.05) is 6.08 Å². The lowest BCUT2D eigenvalue weighted by atomic mass is 10.1. The highest BCUT2D eigenvalue weighted by Crippen LogP contribution is 2.15. The van der Waals surface area contributed by atoms with E-state index in [0.29, 0.717) is 0 Å². The van der Waals surface area contributed by atoms with Gasteiger partial charge in [-0.1, -0.05) is 6.08 Å². The van der Waals surface area contributed by atoms with Gasteiger partial charge in [0.15, 0.2) is 0 Å². The van der Waals surface area contributed by atoms with Crippen molar-refractivity contribution >= 4 is 0 Å². The van der Waals surface area contributed by atoms with Crippen molar-refractivity contribution in [2.45, 2.75) is 25.3 Å². The highest BCUT2D eigenvalue weighted by Gasteiger charge is 2.14. The topological polar surface area (TPSA) is 47.3 Å². The second kappa shape index (κ2) is 4.95. The Kier molecular flexibility index (Phi) is 3.84. The van der Waals surface area contributed by atoms with Gasteiger partial charge >= 0.3 is 0 Å². The van der Waals surface area contributed by atoms with Crippen molar-refractivity contribution in [2.24, 2.45) is 5.84 Å². The summed E-state index contributed by atoms with van der Waals surface area (Å²) < 4.78 is 5.45. The van der Waals surface area contributed by atoms with Crippen LogP contribution in [0.1, 0.15) is 19.3 Å². The van der Waals surface area contributed by atoms with Crippen LogP contribution in [0, 0.1) is 0 Å². The number of allylic oxidation sites excluding steroid dienone is 1. The fourth-order valence-electron chi connectivity index (χ4n) is 1.25. The minimum atomic E-state index is 0.0998. The summed E-state index contributed by atoms with van der Waals surface area (Å²) >= 11 is 0. The van der Waals surface area contributed by atoms with Crippen LogP contribution in [0.25, 0.3) is 0 Å². The second-order valence-corrected chi connectivity index (χ2v) is 2.84. The van der Waals surface area contributed by atoms with Crippen molar-refractivity contribution in [3.05, 3.63) is 24.5 Å². The molecular weight excluding hydrogens is 152 g/mol. The summed E-state index contributed by atoms with van der Waals surface area (Å²) in [6, 6.07) is 0.0998. The molecule has 12 heavy (non-hydrogen) atoms. The Morgan fingerprint density at radius 3 is 3.17 bits per heavy atom. The minimum Gasteiger partial charge on any atom is -0.497 e. The zero-order valence-corrected chi connectivity index (χ0v) is 7.25. The highest BCUT2D eigenvalue weighted by molar-refractivity contribution is 5.06. The maximum atomic E-state index is 5.45. The van der Waals surface area contributed by atoms with Gasteiger partial charge in [-0.3, -0.25) is 5.84 Å². The molecule has 1 unspecified atom stereocenters. The van der Waals surface area contributed by atoms with Crippen molar-refractivity contribution in [1.29, 1.82) is 0 Å². The van der Waals surface area contributed by atoms with Crippen molar-refractivity contribution in [3.63, 3.8) is 0 Å². The van der Waals surface area contributed by atoms with Crippen LogP contribution in [0.3, 0.4) is 0 Å². The van der Waals surface area contributed by atoms with Gasteiger partial charge in [0.25, 0.3) is 0 Å². The Balaban J connectivity index is 2.50. The lowest BCUT2D eigenvalue weighted by Gasteiger charge is -2.21. The molecule has 3 N–H and O–H groups in total. The fraction of sp³-hybridized carbons (Fsp3) is 0.556. The summed E-state index contributed by atoms with van der Waals surface area (Å²) in [6.45, 7) is 4.47. The lowest BCUT2D eigenvalue weighted by Crippen LogP contribution is -2.37. The SMILES string of the molecule is C=CCC(NN)C1=CCCCO1. The Morgan fingerprint density at radius 1 is 1.83 bits per heavy atom. The monoisotopic (exact) mass is 168 g/mol. The van der Waals surface area contributed by atoms with E-state index in [1.165, 1.54) is 0 Å². The van der Waals surface area contributed by atoms with Gasteiger partial charge in [0, 0.05) is 0 Å². The molecule has 0 fully saturated rings. The third-order valence-corrected chi connectivity index (χ3v) is 1.91. The van der Waals surface area contributed by atoms with Gasteiger partial charge in [0.05, 0.1) is 12.6 Å². The molecule has 0 aliphatic carbocycles. The van der Waals surface area contributed by atoms with E-state index in [-0.39, 0.29) is 6.04 Å². The van der Waals surface area contributed by atoms with E-state index in [9.17, 15) is 0 Å². The van der Waals surface area contributed by atoms with E-state index in [1.54, 1.807) is 0 Å². The largest absolute Gasteiger partial charge is 0.497 e. The van der Waals surface area contributed by atoms with Gasteiger partial charge in [-0.15, -0.1) is 6.58 Å². The Labute approximate surface area is 73.2 Å². The van der Waals surface area contributed by atoms with Crippen molar-refractivity contribution in [1.82, 2.24) is 5.43 Å². The summed E-state index contributed by atoms with van der Waals surface area (Å²) in [6.07, 6.45) is 6.93. The number of hydrazine groups is 1. The number of hydrogen-bond acceptors (Lipinski definition) is 3. The molecule has 3 heteroatoms. The van der Waals surface area contributed by atoms with Crippen LogP contribution >= 0.6 is 0 Å². The van der Waals surface area contributed by atoms with Crippen LogP contribution in [0.4, 0.5) is 0 Å². The predicted octanol–water partition coefficient (Wildman–Crippen LogP) is 1.09. The van der Waals surface area contributed by atoms with Gasteiger partial charge in [0.1, 0.15) is 5.76 Å². The molecule has 0 saturated carbocycles. The highest BCUT2D eigenvalue weighted by atomic mass is 16.5. The van der Waals surface area contributed by atoms with E-state index in [2.05, 4.69) is 18.1 Å². The molecule has 0 aromatic rings. The van der Waals surface area contributed by atoms with Gasteiger partial charge in [-0.05, 0) is 25.3 Å². The molecule has 0 spiro atoms. The third-order valence-electron chi connectivity index (χ3n) is 1.91. The van der Waals surface area contributed by atoms with Crippen LogP contribution in [-0.2, 0) is 4.74 Å². The maximum Gasteiger partial charge on any atom is 0.111 e. The average Bonchev–Trinajstić information content (AvgIpc) is 2.15.